The normalized spacial score (nSPS) is 17.2. The lowest BCUT2D eigenvalue weighted by Gasteiger charge is -2.04. The van der Waals surface area contributed by atoms with Crippen molar-refractivity contribution in [3.63, 3.8) is 0 Å². The second-order valence-electron chi connectivity index (χ2n) is 5.70. The Morgan fingerprint density at radius 2 is 1.92 bits per heavy atom. The first-order chi connectivity index (χ1) is 12.1. The molecular weight excluding hydrogens is 332 g/mol. The molecule has 1 fully saturated rings. The number of benzene rings is 2. The molecule has 1 saturated heterocycles. The lowest BCUT2D eigenvalue weighted by Crippen LogP contribution is -2.19. The second kappa shape index (κ2) is 7.57. The summed E-state index contributed by atoms with van der Waals surface area (Å²) in [6.07, 6.45) is 1.86. The van der Waals surface area contributed by atoms with Crippen molar-refractivity contribution in [2.75, 3.05) is 6.61 Å². The average Bonchev–Trinajstić information content (AvgIpc) is 2.93. The van der Waals surface area contributed by atoms with Crippen molar-refractivity contribution in [3.05, 3.63) is 64.1 Å². The maximum atomic E-state index is 12.2. The summed E-state index contributed by atoms with van der Waals surface area (Å²) in [5, 5.41) is 3.44. The van der Waals surface area contributed by atoms with Crippen molar-refractivity contribution in [3.8, 4) is 5.75 Å². The number of carbonyl (C=O) groups excluding carboxylic acids is 1. The van der Waals surface area contributed by atoms with E-state index in [1.807, 2.05) is 56.3 Å². The van der Waals surface area contributed by atoms with Crippen LogP contribution in [0.25, 0.3) is 6.08 Å². The van der Waals surface area contributed by atoms with Crippen LogP contribution in [0, 0.1) is 13.8 Å². The molecule has 0 unspecified atom stereocenters. The van der Waals surface area contributed by atoms with Gasteiger partial charge in [0.05, 0.1) is 17.2 Å². The van der Waals surface area contributed by atoms with Crippen molar-refractivity contribution >= 4 is 34.6 Å². The Labute approximate surface area is 152 Å². The number of aryl methyl sites for hydroxylation is 1. The second-order valence-corrected chi connectivity index (χ2v) is 6.73. The summed E-state index contributed by atoms with van der Waals surface area (Å²) in [6, 6.07) is 13.7. The van der Waals surface area contributed by atoms with Crippen LogP contribution in [0.5, 0.6) is 5.75 Å². The van der Waals surface area contributed by atoms with E-state index in [1.54, 1.807) is 0 Å². The smallest absolute Gasteiger partial charge is 0.264 e. The van der Waals surface area contributed by atoms with Crippen LogP contribution in [-0.4, -0.2) is 17.7 Å². The van der Waals surface area contributed by atoms with Crippen molar-refractivity contribution in [1.29, 1.82) is 0 Å². The van der Waals surface area contributed by atoms with E-state index in [2.05, 4.69) is 23.3 Å². The van der Waals surface area contributed by atoms with E-state index in [9.17, 15) is 4.79 Å². The fraction of sp³-hybridized carbons (Fsp3) is 0.200. The monoisotopic (exact) mass is 352 g/mol. The molecule has 1 aliphatic heterocycles. The minimum absolute atomic E-state index is 0.122. The number of amidine groups is 1. The minimum atomic E-state index is -0.122. The summed E-state index contributed by atoms with van der Waals surface area (Å²) in [5.41, 5.74) is 4.13. The lowest BCUT2D eigenvalue weighted by molar-refractivity contribution is -0.115. The van der Waals surface area contributed by atoms with Crippen LogP contribution in [0.1, 0.15) is 23.6 Å². The maximum Gasteiger partial charge on any atom is 0.264 e. The summed E-state index contributed by atoms with van der Waals surface area (Å²) in [5.74, 6) is 0.702. The Morgan fingerprint density at radius 1 is 1.16 bits per heavy atom. The fourth-order valence-corrected chi connectivity index (χ4v) is 3.26. The van der Waals surface area contributed by atoms with Crippen molar-refractivity contribution in [1.82, 2.24) is 5.32 Å². The molecule has 4 nitrogen and oxygen atoms in total. The number of rotatable bonds is 4. The molecule has 1 heterocycles. The summed E-state index contributed by atoms with van der Waals surface area (Å²) in [7, 11) is 0. The van der Waals surface area contributed by atoms with Gasteiger partial charge in [0, 0.05) is 0 Å². The molecule has 128 valence electrons. The van der Waals surface area contributed by atoms with Crippen LogP contribution in [0.15, 0.2) is 52.4 Å². The molecule has 25 heavy (non-hydrogen) atoms. The van der Waals surface area contributed by atoms with Crippen molar-refractivity contribution in [2.45, 2.75) is 20.8 Å². The average molecular weight is 352 g/mol. The highest BCUT2D eigenvalue weighted by Crippen LogP contribution is 2.30. The Kier molecular flexibility index (Phi) is 5.24. The number of nitrogens with zero attached hydrogens (tertiary/aromatic N) is 1. The summed E-state index contributed by atoms with van der Waals surface area (Å²) in [4.78, 5) is 17.4. The van der Waals surface area contributed by atoms with Gasteiger partial charge >= 0.3 is 0 Å². The van der Waals surface area contributed by atoms with E-state index in [1.165, 1.54) is 17.3 Å². The van der Waals surface area contributed by atoms with Crippen LogP contribution >= 0.6 is 11.8 Å². The third-order valence-corrected chi connectivity index (χ3v) is 4.85. The summed E-state index contributed by atoms with van der Waals surface area (Å²) < 4.78 is 5.43. The van der Waals surface area contributed by atoms with E-state index in [4.69, 9.17) is 4.74 Å². The third-order valence-electron chi connectivity index (χ3n) is 3.94. The number of nitrogens with one attached hydrogen (secondary N) is 1. The third kappa shape index (κ3) is 4.12. The van der Waals surface area contributed by atoms with Gasteiger partial charge in [0.2, 0.25) is 0 Å². The molecule has 1 N–H and O–H groups in total. The van der Waals surface area contributed by atoms with Gasteiger partial charge in [0.25, 0.3) is 5.91 Å². The Balaban J connectivity index is 1.80. The van der Waals surface area contributed by atoms with Gasteiger partial charge in [-0.05, 0) is 73.5 Å². The van der Waals surface area contributed by atoms with Gasteiger partial charge in [-0.25, -0.2) is 4.99 Å². The molecule has 0 aliphatic carbocycles. The van der Waals surface area contributed by atoms with E-state index < -0.39 is 0 Å². The van der Waals surface area contributed by atoms with Crippen LogP contribution in [0.3, 0.4) is 0 Å². The number of ether oxygens (including phenoxy) is 1. The Bertz CT molecular complexity index is 854. The van der Waals surface area contributed by atoms with E-state index in [0.29, 0.717) is 16.7 Å². The summed E-state index contributed by atoms with van der Waals surface area (Å²) in [6.45, 7) is 6.67. The van der Waals surface area contributed by atoms with Gasteiger partial charge in [0.15, 0.2) is 5.17 Å². The quantitative estimate of drug-likeness (QED) is 0.819. The summed E-state index contributed by atoms with van der Waals surface area (Å²) >= 11 is 1.36. The highest BCUT2D eigenvalue weighted by Gasteiger charge is 2.24. The minimum Gasteiger partial charge on any atom is -0.494 e. The van der Waals surface area contributed by atoms with Crippen LogP contribution < -0.4 is 10.1 Å². The van der Waals surface area contributed by atoms with Crippen LogP contribution in [0.2, 0.25) is 0 Å². The molecule has 2 aromatic carbocycles. The molecule has 2 aromatic rings. The number of thioether (sulfide) groups is 1. The van der Waals surface area contributed by atoms with Gasteiger partial charge in [0.1, 0.15) is 5.75 Å². The zero-order valence-electron chi connectivity index (χ0n) is 14.5. The van der Waals surface area contributed by atoms with Gasteiger partial charge in [-0.1, -0.05) is 24.3 Å². The number of carbonyl (C=O) groups is 1. The molecule has 0 saturated carbocycles. The van der Waals surface area contributed by atoms with Crippen LogP contribution in [-0.2, 0) is 4.79 Å². The molecule has 1 amide bonds. The number of aliphatic imine (C=N–C) groups is 1. The first-order valence-corrected chi connectivity index (χ1v) is 8.97. The molecule has 1 aliphatic rings. The number of amides is 1. The molecular formula is C20H20N2O2S. The zero-order valence-corrected chi connectivity index (χ0v) is 15.3. The maximum absolute atomic E-state index is 12.2. The molecule has 0 bridgehead atoms. The molecule has 0 spiro atoms. The van der Waals surface area contributed by atoms with E-state index >= 15 is 0 Å². The standard InChI is InChI=1S/C20H20N2O2S/c1-4-24-16-10-8-15(9-11-16)12-18-19(23)22-20(25-18)21-17-7-5-6-13(2)14(17)3/h5-12H,4H2,1-3H3,(H,21,22,23). The topological polar surface area (TPSA) is 50.7 Å². The molecule has 0 atom stereocenters. The Hall–Kier alpha value is -2.53. The van der Waals surface area contributed by atoms with E-state index in [-0.39, 0.29) is 5.91 Å². The molecule has 0 radical (unpaired) electrons. The van der Waals surface area contributed by atoms with Crippen LogP contribution in [0.4, 0.5) is 5.69 Å². The lowest BCUT2D eigenvalue weighted by atomic mass is 10.1. The van der Waals surface area contributed by atoms with Gasteiger partial charge in [-0.3, -0.25) is 4.79 Å². The van der Waals surface area contributed by atoms with Crippen molar-refractivity contribution in [2.24, 2.45) is 4.99 Å². The highest BCUT2D eigenvalue weighted by molar-refractivity contribution is 8.18. The first kappa shape index (κ1) is 17.3. The molecule has 3 rings (SSSR count). The van der Waals surface area contributed by atoms with Gasteiger partial charge in [-0.2, -0.15) is 0 Å². The van der Waals surface area contributed by atoms with Crippen molar-refractivity contribution < 1.29 is 9.53 Å². The van der Waals surface area contributed by atoms with Gasteiger partial charge < -0.3 is 10.1 Å². The van der Waals surface area contributed by atoms with E-state index in [0.717, 1.165) is 22.6 Å². The largest absolute Gasteiger partial charge is 0.494 e. The number of hydrogen-bond acceptors (Lipinski definition) is 4. The predicted molar refractivity (Wildman–Crippen MR) is 104 cm³/mol. The SMILES string of the molecule is CCOc1ccc(C=C2SC(=Nc3cccc(C)c3C)NC2=O)cc1. The first-order valence-electron chi connectivity index (χ1n) is 8.15. The molecule has 5 heteroatoms. The fourth-order valence-electron chi connectivity index (χ4n) is 2.42. The zero-order chi connectivity index (χ0) is 17.8. The highest BCUT2D eigenvalue weighted by atomic mass is 32.2. The number of hydrogen-bond donors (Lipinski definition) is 1. The van der Waals surface area contributed by atoms with Gasteiger partial charge in [-0.15, -0.1) is 0 Å². The predicted octanol–water partition coefficient (Wildman–Crippen LogP) is 4.59. The Morgan fingerprint density at radius 3 is 2.64 bits per heavy atom. The molecule has 0 aromatic heterocycles.